The lowest BCUT2D eigenvalue weighted by Crippen LogP contribution is -2.38. The number of carboxylic acids is 1. The van der Waals surface area contributed by atoms with Crippen molar-refractivity contribution in [2.24, 2.45) is 10.1 Å². The largest absolute Gasteiger partial charge is 0.543 e. The molecule has 3 rings (SSSR count). The molecule has 0 saturated carbocycles. The van der Waals surface area contributed by atoms with E-state index in [0.29, 0.717) is 28.6 Å². The van der Waals surface area contributed by atoms with Gasteiger partial charge in [-0.1, -0.05) is 5.16 Å². The van der Waals surface area contributed by atoms with Gasteiger partial charge < -0.3 is 19.2 Å². The lowest BCUT2D eigenvalue weighted by atomic mass is 10.1. The van der Waals surface area contributed by atoms with Gasteiger partial charge in [-0.25, -0.2) is 10.0 Å². The Morgan fingerprint density at radius 2 is 2.31 bits per heavy atom. The highest BCUT2D eigenvalue weighted by molar-refractivity contribution is 7.14. The number of carbonyl (C=O) groups is 2. The Kier molecular flexibility index (Phi) is 5.03. The summed E-state index contributed by atoms with van der Waals surface area (Å²) in [6.07, 6.45) is 1.99. The molecule has 0 unspecified atom stereocenters. The summed E-state index contributed by atoms with van der Waals surface area (Å²) in [6.45, 7) is 1.45. The van der Waals surface area contributed by atoms with Gasteiger partial charge in [0, 0.05) is 24.3 Å². The van der Waals surface area contributed by atoms with Crippen LogP contribution in [0.25, 0.3) is 0 Å². The lowest BCUT2D eigenvalue weighted by Gasteiger charge is -2.20. The summed E-state index contributed by atoms with van der Waals surface area (Å²) < 4.78 is 5.40. The number of amidine groups is 1. The van der Waals surface area contributed by atoms with E-state index in [0.717, 1.165) is 0 Å². The molecule has 0 radical (unpaired) electrons. The molecule has 2 aromatic rings. The van der Waals surface area contributed by atoms with Crippen LogP contribution < -0.4 is 10.5 Å². The van der Waals surface area contributed by atoms with Crippen LogP contribution in [0.5, 0.6) is 0 Å². The number of hydrogen-bond acceptors (Lipinski definition) is 8. The van der Waals surface area contributed by atoms with Crippen molar-refractivity contribution >= 4 is 39.8 Å². The van der Waals surface area contributed by atoms with Gasteiger partial charge in [-0.15, -0.1) is 11.3 Å². The number of carboxylic acid groups (broad SMARTS) is 1. The zero-order valence-corrected chi connectivity index (χ0v) is 14.8. The Balaban J connectivity index is 1.84. The predicted octanol–water partition coefficient (Wildman–Crippen LogP) is 0.970. The van der Waals surface area contributed by atoms with Crippen LogP contribution in [-0.4, -0.2) is 35.5 Å². The molecule has 1 aliphatic heterocycles. The molecule has 2 aromatic heterocycles. The van der Waals surface area contributed by atoms with Crippen LogP contribution in [0.2, 0.25) is 0 Å². The van der Waals surface area contributed by atoms with E-state index in [9.17, 15) is 14.7 Å². The van der Waals surface area contributed by atoms with E-state index in [2.05, 4.69) is 20.4 Å². The molecule has 0 bridgehead atoms. The summed E-state index contributed by atoms with van der Waals surface area (Å²) in [5.74, 6) is -0.400. The van der Waals surface area contributed by atoms with Gasteiger partial charge in [0.2, 0.25) is 5.91 Å². The van der Waals surface area contributed by atoms with E-state index >= 15 is 0 Å². The van der Waals surface area contributed by atoms with Gasteiger partial charge in [0.25, 0.3) is 0 Å². The zero-order chi connectivity index (χ0) is 18.7. The quantitative estimate of drug-likeness (QED) is 0.614. The number of amides is 1. The summed E-state index contributed by atoms with van der Waals surface area (Å²) >= 11 is 1.23. The SMILES string of the molecule is CO/N=C(/C(=O)[O-])c1csc(/N=C2/C[C@@H](c3ccco3)N(C(C)=O)N2)c1. The number of furan rings is 1. The molecule has 26 heavy (non-hydrogen) atoms. The van der Waals surface area contributed by atoms with Gasteiger partial charge >= 0.3 is 0 Å². The fourth-order valence-electron chi connectivity index (χ4n) is 2.55. The third kappa shape index (κ3) is 3.59. The fourth-order valence-corrected chi connectivity index (χ4v) is 3.34. The molecule has 1 fully saturated rings. The zero-order valence-electron chi connectivity index (χ0n) is 14.0. The molecule has 1 amide bonds. The van der Waals surface area contributed by atoms with Crippen molar-refractivity contribution < 1.29 is 24.0 Å². The normalized spacial score (nSPS) is 18.8. The number of aliphatic carboxylic acids is 1. The van der Waals surface area contributed by atoms with Crippen molar-refractivity contribution in [1.29, 1.82) is 0 Å². The maximum absolute atomic E-state index is 11.9. The Labute approximate surface area is 152 Å². The van der Waals surface area contributed by atoms with Crippen LogP contribution in [0.3, 0.4) is 0 Å². The maximum Gasteiger partial charge on any atom is 0.238 e. The van der Waals surface area contributed by atoms with E-state index < -0.39 is 5.97 Å². The number of nitrogens with zero attached hydrogens (tertiary/aromatic N) is 3. The molecule has 3 heterocycles. The molecular formula is C16H15N4O5S-. The van der Waals surface area contributed by atoms with Crippen LogP contribution in [0, 0.1) is 0 Å². The second-order valence-electron chi connectivity index (χ2n) is 5.38. The van der Waals surface area contributed by atoms with E-state index in [1.165, 1.54) is 30.4 Å². The average Bonchev–Trinajstić information content (AvgIpc) is 3.32. The van der Waals surface area contributed by atoms with Gasteiger partial charge in [0.05, 0.1) is 12.2 Å². The summed E-state index contributed by atoms with van der Waals surface area (Å²) in [6, 6.07) is 4.81. The number of hydrazine groups is 1. The maximum atomic E-state index is 11.9. The highest BCUT2D eigenvalue weighted by Gasteiger charge is 2.34. The molecule has 9 nitrogen and oxygen atoms in total. The van der Waals surface area contributed by atoms with E-state index in [-0.39, 0.29) is 17.7 Å². The van der Waals surface area contributed by atoms with Crippen molar-refractivity contribution in [2.75, 3.05) is 7.11 Å². The molecule has 1 saturated heterocycles. The third-order valence-corrected chi connectivity index (χ3v) is 4.46. The van der Waals surface area contributed by atoms with Gasteiger partial charge in [0.1, 0.15) is 35.5 Å². The Bertz CT molecular complexity index is 871. The highest BCUT2D eigenvalue weighted by atomic mass is 32.1. The molecule has 136 valence electrons. The number of hydrogen-bond donors (Lipinski definition) is 1. The molecule has 0 aliphatic carbocycles. The van der Waals surface area contributed by atoms with Gasteiger partial charge in [-0.05, 0) is 18.2 Å². The second kappa shape index (κ2) is 7.40. The second-order valence-corrected chi connectivity index (χ2v) is 6.27. The van der Waals surface area contributed by atoms with E-state index in [1.54, 1.807) is 29.8 Å². The van der Waals surface area contributed by atoms with Crippen molar-refractivity contribution in [3.05, 3.63) is 41.2 Å². The van der Waals surface area contributed by atoms with Crippen LogP contribution in [-0.2, 0) is 14.4 Å². The van der Waals surface area contributed by atoms with Crippen LogP contribution in [0.15, 0.2) is 44.4 Å². The molecule has 0 aromatic carbocycles. The number of thiophene rings is 1. The molecule has 10 heteroatoms. The first-order chi connectivity index (χ1) is 12.5. The topological polar surface area (TPSA) is 120 Å². The first-order valence-corrected chi connectivity index (χ1v) is 8.46. The molecule has 1 aliphatic rings. The predicted molar refractivity (Wildman–Crippen MR) is 91.7 cm³/mol. The lowest BCUT2D eigenvalue weighted by molar-refractivity contribution is -0.294. The van der Waals surface area contributed by atoms with Crippen LogP contribution in [0.1, 0.15) is 30.7 Å². The fraction of sp³-hybridized carbons (Fsp3) is 0.250. The Morgan fingerprint density at radius 3 is 2.92 bits per heavy atom. The van der Waals surface area contributed by atoms with Crippen molar-refractivity contribution in [3.8, 4) is 0 Å². The first kappa shape index (κ1) is 17.7. The highest BCUT2D eigenvalue weighted by Crippen LogP contribution is 2.31. The number of rotatable bonds is 5. The first-order valence-electron chi connectivity index (χ1n) is 7.58. The minimum Gasteiger partial charge on any atom is -0.543 e. The number of carbonyl (C=O) groups excluding carboxylic acids is 2. The average molecular weight is 375 g/mol. The molecular weight excluding hydrogens is 360 g/mol. The van der Waals surface area contributed by atoms with Gasteiger partial charge in [-0.3, -0.25) is 10.2 Å². The molecule has 1 atom stereocenters. The summed E-state index contributed by atoms with van der Waals surface area (Å²) in [7, 11) is 1.25. The van der Waals surface area contributed by atoms with Gasteiger partial charge in [0.15, 0.2) is 0 Å². The molecule has 0 spiro atoms. The standard InChI is InChI=1S/C16H16N4O5S/c1-9(21)20-11(12-4-3-5-25-12)7-13(18-20)17-14-6-10(8-26-14)15(16(22)23)19-24-2/h3-6,8,11H,7H2,1-2H3,(H,17,18)(H,22,23)/p-1/b19-15+/t11-/m0/s1. The smallest absolute Gasteiger partial charge is 0.238 e. The Hall–Kier alpha value is -3.14. The minimum atomic E-state index is -1.44. The number of oxime groups is 1. The summed E-state index contributed by atoms with van der Waals surface area (Å²) in [5, 5.41) is 18.2. The molecule has 1 N–H and O–H groups in total. The van der Waals surface area contributed by atoms with Gasteiger partial charge in [-0.2, -0.15) is 0 Å². The van der Waals surface area contributed by atoms with E-state index in [1.807, 2.05) is 0 Å². The number of aliphatic imine (C=N–C) groups is 1. The Morgan fingerprint density at radius 1 is 1.50 bits per heavy atom. The number of nitrogens with one attached hydrogen (secondary N) is 1. The van der Waals surface area contributed by atoms with Crippen molar-refractivity contribution in [1.82, 2.24) is 10.4 Å². The monoisotopic (exact) mass is 375 g/mol. The van der Waals surface area contributed by atoms with Crippen LogP contribution >= 0.6 is 11.3 Å². The van der Waals surface area contributed by atoms with E-state index in [4.69, 9.17) is 4.42 Å². The minimum absolute atomic E-state index is 0.171. The van der Waals surface area contributed by atoms with Crippen LogP contribution in [0.4, 0.5) is 5.00 Å². The summed E-state index contributed by atoms with van der Waals surface area (Å²) in [4.78, 5) is 32.0. The summed E-state index contributed by atoms with van der Waals surface area (Å²) in [5.41, 5.74) is 2.98. The van der Waals surface area contributed by atoms with Crippen molar-refractivity contribution in [2.45, 2.75) is 19.4 Å². The van der Waals surface area contributed by atoms with Crippen molar-refractivity contribution in [3.63, 3.8) is 0 Å². The third-order valence-electron chi connectivity index (χ3n) is 3.64.